The van der Waals surface area contributed by atoms with Crippen molar-refractivity contribution < 1.29 is 0 Å². The smallest absolute Gasteiger partial charge is 0.0757 e. The van der Waals surface area contributed by atoms with Gasteiger partial charge in [0.1, 0.15) is 0 Å². The van der Waals surface area contributed by atoms with E-state index in [0.29, 0.717) is 6.42 Å². The van der Waals surface area contributed by atoms with E-state index in [1.165, 1.54) is 5.56 Å². The zero-order valence-corrected chi connectivity index (χ0v) is 6.26. The minimum Gasteiger partial charge on any atom is -0.353 e. The largest absolute Gasteiger partial charge is 0.353 e. The summed E-state index contributed by atoms with van der Waals surface area (Å²) in [5.74, 6) is 0. The molecule has 0 saturated heterocycles. The van der Waals surface area contributed by atoms with Gasteiger partial charge in [0, 0.05) is 18.9 Å². The molecule has 0 atom stereocenters. The molecule has 1 aromatic heterocycles. The maximum absolute atomic E-state index is 8.42. The highest BCUT2D eigenvalue weighted by atomic mass is 14.9. The van der Waals surface area contributed by atoms with Crippen LogP contribution in [0.3, 0.4) is 0 Å². The van der Waals surface area contributed by atoms with Crippen LogP contribution in [0.1, 0.15) is 11.3 Å². The molecule has 0 unspecified atom stereocenters. The number of rotatable bonds is 1. The van der Waals surface area contributed by atoms with Crippen molar-refractivity contribution in [3.63, 3.8) is 0 Å². The van der Waals surface area contributed by atoms with Crippen LogP contribution in [0.5, 0.6) is 0 Å². The van der Waals surface area contributed by atoms with Gasteiger partial charge in [-0.2, -0.15) is 5.26 Å². The van der Waals surface area contributed by atoms with Crippen molar-refractivity contribution >= 4 is 0 Å². The Morgan fingerprint density at radius 1 is 1.70 bits per heavy atom. The lowest BCUT2D eigenvalue weighted by Gasteiger charge is -1.97. The molecule has 2 heteroatoms. The Hall–Kier alpha value is -1.23. The second-order valence-corrected chi connectivity index (χ2v) is 2.39. The minimum absolute atomic E-state index is 0.509. The van der Waals surface area contributed by atoms with Gasteiger partial charge in [-0.25, -0.2) is 0 Å². The minimum atomic E-state index is 0.509. The molecule has 0 fully saturated rings. The van der Waals surface area contributed by atoms with Crippen molar-refractivity contribution in [2.24, 2.45) is 7.05 Å². The van der Waals surface area contributed by atoms with Crippen LogP contribution in [-0.4, -0.2) is 4.57 Å². The van der Waals surface area contributed by atoms with E-state index in [0.717, 1.165) is 5.69 Å². The zero-order valence-electron chi connectivity index (χ0n) is 6.26. The average Bonchev–Trinajstić information content (AvgIpc) is 2.20. The molecule has 0 aromatic carbocycles. The summed E-state index contributed by atoms with van der Waals surface area (Å²) < 4.78 is 1.98. The first kappa shape index (κ1) is 6.88. The normalized spacial score (nSPS) is 9.30. The van der Waals surface area contributed by atoms with Gasteiger partial charge in [0.25, 0.3) is 0 Å². The number of nitriles is 1. The third kappa shape index (κ3) is 1.03. The first-order valence-electron chi connectivity index (χ1n) is 3.23. The van der Waals surface area contributed by atoms with Crippen LogP contribution in [0.15, 0.2) is 12.3 Å². The van der Waals surface area contributed by atoms with Gasteiger partial charge in [-0.05, 0) is 18.6 Å². The van der Waals surface area contributed by atoms with Gasteiger partial charge in [0.05, 0.1) is 12.5 Å². The van der Waals surface area contributed by atoms with E-state index in [2.05, 4.69) is 6.07 Å². The molecule has 0 radical (unpaired) electrons. The third-order valence-electron chi connectivity index (χ3n) is 1.68. The van der Waals surface area contributed by atoms with E-state index in [9.17, 15) is 0 Å². The van der Waals surface area contributed by atoms with Crippen LogP contribution >= 0.6 is 0 Å². The van der Waals surface area contributed by atoms with Crippen LogP contribution in [-0.2, 0) is 13.5 Å². The molecule has 1 heterocycles. The standard InChI is InChI=1S/C8H10N2/c1-7-4-6-10(2)8(7)3-5-9/h4,6H,3H2,1-2H3. The predicted molar refractivity (Wildman–Crippen MR) is 39.5 cm³/mol. The molecule has 0 aliphatic heterocycles. The van der Waals surface area contributed by atoms with Crippen molar-refractivity contribution in [3.05, 3.63) is 23.5 Å². The molecular weight excluding hydrogens is 124 g/mol. The number of hydrogen-bond donors (Lipinski definition) is 0. The molecular formula is C8H10N2. The molecule has 0 aliphatic rings. The predicted octanol–water partition coefficient (Wildman–Crippen LogP) is 1.40. The van der Waals surface area contributed by atoms with E-state index in [1.807, 2.05) is 30.8 Å². The number of aromatic nitrogens is 1. The van der Waals surface area contributed by atoms with Crippen LogP contribution in [0.2, 0.25) is 0 Å². The molecule has 1 rings (SSSR count). The molecule has 2 nitrogen and oxygen atoms in total. The molecule has 52 valence electrons. The summed E-state index contributed by atoms with van der Waals surface area (Å²) >= 11 is 0. The topological polar surface area (TPSA) is 28.7 Å². The van der Waals surface area contributed by atoms with Crippen molar-refractivity contribution in [3.8, 4) is 6.07 Å². The highest BCUT2D eigenvalue weighted by molar-refractivity contribution is 5.22. The Kier molecular flexibility index (Phi) is 1.77. The number of aryl methyl sites for hydroxylation is 2. The number of nitrogens with zero attached hydrogens (tertiary/aromatic N) is 2. The molecule has 10 heavy (non-hydrogen) atoms. The SMILES string of the molecule is Cc1ccn(C)c1CC#N. The fourth-order valence-corrected chi connectivity index (χ4v) is 1.03. The Bertz CT molecular complexity index is 246. The Labute approximate surface area is 60.7 Å². The van der Waals surface area contributed by atoms with Gasteiger partial charge in [-0.3, -0.25) is 0 Å². The summed E-state index contributed by atoms with van der Waals surface area (Å²) in [6.45, 7) is 2.02. The lowest BCUT2D eigenvalue weighted by atomic mass is 10.2. The van der Waals surface area contributed by atoms with Gasteiger partial charge >= 0.3 is 0 Å². The molecule has 0 N–H and O–H groups in total. The van der Waals surface area contributed by atoms with E-state index < -0.39 is 0 Å². The Morgan fingerprint density at radius 2 is 2.40 bits per heavy atom. The van der Waals surface area contributed by atoms with Gasteiger partial charge in [0.15, 0.2) is 0 Å². The maximum atomic E-state index is 8.42. The quantitative estimate of drug-likeness (QED) is 0.570. The lowest BCUT2D eigenvalue weighted by Crippen LogP contribution is -1.94. The first-order chi connectivity index (χ1) is 4.75. The van der Waals surface area contributed by atoms with Crippen molar-refractivity contribution in [1.29, 1.82) is 5.26 Å². The van der Waals surface area contributed by atoms with Crippen molar-refractivity contribution in [1.82, 2.24) is 4.57 Å². The van der Waals surface area contributed by atoms with Crippen LogP contribution in [0.25, 0.3) is 0 Å². The van der Waals surface area contributed by atoms with Crippen molar-refractivity contribution in [2.75, 3.05) is 0 Å². The molecule has 0 saturated carbocycles. The summed E-state index contributed by atoms with van der Waals surface area (Å²) in [5, 5.41) is 8.42. The second-order valence-electron chi connectivity index (χ2n) is 2.39. The highest BCUT2D eigenvalue weighted by Gasteiger charge is 1.99. The maximum Gasteiger partial charge on any atom is 0.0757 e. The van der Waals surface area contributed by atoms with E-state index in [1.54, 1.807) is 0 Å². The summed E-state index contributed by atoms with van der Waals surface area (Å²) in [5.41, 5.74) is 2.31. The van der Waals surface area contributed by atoms with E-state index >= 15 is 0 Å². The first-order valence-corrected chi connectivity index (χ1v) is 3.23. The van der Waals surface area contributed by atoms with E-state index in [-0.39, 0.29) is 0 Å². The van der Waals surface area contributed by atoms with Gasteiger partial charge < -0.3 is 4.57 Å². The Morgan fingerprint density at radius 3 is 2.80 bits per heavy atom. The monoisotopic (exact) mass is 134 g/mol. The zero-order chi connectivity index (χ0) is 7.56. The lowest BCUT2D eigenvalue weighted by molar-refractivity contribution is 0.854. The summed E-state index contributed by atoms with van der Waals surface area (Å²) in [4.78, 5) is 0. The van der Waals surface area contributed by atoms with Gasteiger partial charge in [-0.1, -0.05) is 0 Å². The molecule has 0 spiro atoms. The van der Waals surface area contributed by atoms with Crippen LogP contribution < -0.4 is 0 Å². The third-order valence-corrected chi connectivity index (χ3v) is 1.68. The Balaban J connectivity index is 3.01. The molecule has 0 aliphatic carbocycles. The number of hydrogen-bond acceptors (Lipinski definition) is 1. The van der Waals surface area contributed by atoms with Crippen LogP contribution in [0, 0.1) is 18.3 Å². The molecule has 0 bridgehead atoms. The second kappa shape index (κ2) is 2.57. The van der Waals surface area contributed by atoms with Crippen molar-refractivity contribution in [2.45, 2.75) is 13.3 Å². The van der Waals surface area contributed by atoms with Gasteiger partial charge in [-0.15, -0.1) is 0 Å². The summed E-state index contributed by atoms with van der Waals surface area (Å²) in [7, 11) is 1.96. The van der Waals surface area contributed by atoms with E-state index in [4.69, 9.17) is 5.26 Å². The fourth-order valence-electron chi connectivity index (χ4n) is 1.03. The van der Waals surface area contributed by atoms with Crippen LogP contribution in [0.4, 0.5) is 0 Å². The summed E-state index contributed by atoms with van der Waals surface area (Å²) in [6.07, 6.45) is 2.48. The highest BCUT2D eigenvalue weighted by Crippen LogP contribution is 2.07. The fraction of sp³-hybridized carbons (Fsp3) is 0.375. The summed E-state index contributed by atoms with van der Waals surface area (Å²) in [6, 6.07) is 4.15. The molecule has 1 aromatic rings. The average molecular weight is 134 g/mol. The molecule has 0 amide bonds. The van der Waals surface area contributed by atoms with Gasteiger partial charge in [0.2, 0.25) is 0 Å².